The van der Waals surface area contributed by atoms with Crippen molar-refractivity contribution in [2.45, 2.75) is 13.0 Å². The summed E-state index contributed by atoms with van der Waals surface area (Å²) < 4.78 is 37.6. The average Bonchev–Trinajstić information content (AvgIpc) is 2.23. The molecule has 0 saturated carbocycles. The molecule has 0 bridgehead atoms. The Morgan fingerprint density at radius 3 is 2.59 bits per heavy atom. The first-order chi connectivity index (χ1) is 8.02. The summed E-state index contributed by atoms with van der Waals surface area (Å²) in [5.74, 6) is -0.566. The van der Waals surface area contributed by atoms with Crippen molar-refractivity contribution in [3.05, 3.63) is 29.6 Å². The van der Waals surface area contributed by atoms with Crippen molar-refractivity contribution in [3.8, 4) is 0 Å². The third-order valence-electron chi connectivity index (χ3n) is 2.28. The van der Waals surface area contributed by atoms with E-state index >= 15 is 0 Å². The van der Waals surface area contributed by atoms with Gasteiger partial charge in [-0.25, -0.2) is 13.2 Å². The number of alkyl halides is 2. The van der Waals surface area contributed by atoms with Crippen LogP contribution >= 0.6 is 0 Å². The highest BCUT2D eigenvalue weighted by Gasteiger charge is 2.12. The third kappa shape index (κ3) is 4.62. The number of aliphatic hydroxyl groups excluding tert-OH is 1. The maximum Gasteiger partial charge on any atom is 0.251 e. The number of nitrogen functional groups attached to an aromatic ring is 1. The summed E-state index contributed by atoms with van der Waals surface area (Å²) >= 11 is 0. The number of rotatable bonds is 6. The van der Waals surface area contributed by atoms with Crippen molar-refractivity contribution in [3.63, 3.8) is 0 Å². The van der Waals surface area contributed by atoms with Gasteiger partial charge in [-0.05, 0) is 17.7 Å². The molecular formula is C11H15F3N2O. The molecule has 6 heteroatoms. The molecule has 96 valence electrons. The highest BCUT2D eigenvalue weighted by molar-refractivity contribution is 5.41. The number of hydrogen-bond acceptors (Lipinski definition) is 3. The number of anilines is 1. The van der Waals surface area contributed by atoms with Crippen molar-refractivity contribution >= 4 is 5.69 Å². The van der Waals surface area contributed by atoms with Crippen LogP contribution < -0.4 is 5.73 Å². The van der Waals surface area contributed by atoms with Crippen LogP contribution in [-0.2, 0) is 6.54 Å². The van der Waals surface area contributed by atoms with Crippen molar-refractivity contribution in [1.29, 1.82) is 0 Å². The normalized spacial score (nSPS) is 11.4. The molecule has 0 heterocycles. The largest absolute Gasteiger partial charge is 0.396 e. The number of benzene rings is 1. The van der Waals surface area contributed by atoms with Crippen LogP contribution in [0.25, 0.3) is 0 Å². The van der Waals surface area contributed by atoms with Gasteiger partial charge in [-0.2, -0.15) is 0 Å². The van der Waals surface area contributed by atoms with Crippen LogP contribution in [0.5, 0.6) is 0 Å². The fourth-order valence-corrected chi connectivity index (χ4v) is 1.50. The molecule has 3 N–H and O–H groups in total. The molecule has 1 aromatic carbocycles. The lowest BCUT2D eigenvalue weighted by atomic mass is 10.2. The molecule has 0 aliphatic rings. The van der Waals surface area contributed by atoms with Crippen molar-refractivity contribution in [2.75, 3.05) is 25.4 Å². The van der Waals surface area contributed by atoms with E-state index in [-0.39, 0.29) is 25.4 Å². The lowest BCUT2D eigenvalue weighted by Gasteiger charge is -2.20. The number of nitrogens with zero attached hydrogens (tertiary/aromatic N) is 1. The summed E-state index contributed by atoms with van der Waals surface area (Å²) in [7, 11) is 0. The lowest BCUT2D eigenvalue weighted by molar-refractivity contribution is 0.0746. The van der Waals surface area contributed by atoms with Gasteiger partial charge in [0.05, 0.1) is 18.8 Å². The van der Waals surface area contributed by atoms with Crippen LogP contribution in [0, 0.1) is 5.82 Å². The minimum Gasteiger partial charge on any atom is -0.396 e. The Bertz CT molecular complexity index is 361. The first-order valence-corrected chi connectivity index (χ1v) is 5.18. The first-order valence-electron chi connectivity index (χ1n) is 5.18. The topological polar surface area (TPSA) is 49.5 Å². The predicted molar refractivity (Wildman–Crippen MR) is 59.2 cm³/mol. The van der Waals surface area contributed by atoms with Crippen LogP contribution in [0.4, 0.5) is 18.9 Å². The van der Waals surface area contributed by atoms with Gasteiger partial charge in [0.25, 0.3) is 6.43 Å². The van der Waals surface area contributed by atoms with Crippen LogP contribution in [0.2, 0.25) is 0 Å². The van der Waals surface area contributed by atoms with E-state index in [4.69, 9.17) is 10.8 Å². The average molecular weight is 248 g/mol. The minimum atomic E-state index is -2.49. The van der Waals surface area contributed by atoms with Gasteiger partial charge < -0.3 is 10.8 Å². The summed E-state index contributed by atoms with van der Waals surface area (Å²) in [6.45, 7) is -0.394. The number of halogens is 3. The van der Waals surface area contributed by atoms with E-state index in [2.05, 4.69) is 0 Å². The standard InChI is InChI=1S/C11H15F3N2O/c12-9-5-8(1-2-10(9)15)6-16(3-4-17)7-11(13)14/h1-2,5,11,17H,3-4,6-7,15H2. The molecule has 0 radical (unpaired) electrons. The molecule has 3 nitrogen and oxygen atoms in total. The molecule has 0 amide bonds. The van der Waals surface area contributed by atoms with Gasteiger partial charge in [-0.1, -0.05) is 6.07 Å². The van der Waals surface area contributed by atoms with E-state index < -0.39 is 18.8 Å². The molecule has 0 saturated heterocycles. The molecule has 0 aromatic heterocycles. The zero-order chi connectivity index (χ0) is 12.8. The van der Waals surface area contributed by atoms with Gasteiger partial charge in [0.15, 0.2) is 0 Å². The number of aliphatic hydroxyl groups is 1. The minimum absolute atomic E-state index is 0.0244. The summed E-state index contributed by atoms with van der Waals surface area (Å²) in [5, 5.41) is 8.75. The smallest absolute Gasteiger partial charge is 0.251 e. The Labute approximate surface area is 97.6 Å². The van der Waals surface area contributed by atoms with E-state index in [9.17, 15) is 13.2 Å². The highest BCUT2D eigenvalue weighted by atomic mass is 19.3. The third-order valence-corrected chi connectivity index (χ3v) is 2.28. The van der Waals surface area contributed by atoms with Gasteiger partial charge in [-0.3, -0.25) is 4.90 Å². The SMILES string of the molecule is Nc1ccc(CN(CCO)CC(F)F)cc1F. The highest BCUT2D eigenvalue weighted by Crippen LogP contribution is 2.14. The second-order valence-corrected chi connectivity index (χ2v) is 3.71. The van der Waals surface area contributed by atoms with E-state index in [1.165, 1.54) is 17.0 Å². The van der Waals surface area contributed by atoms with E-state index in [0.717, 1.165) is 0 Å². The molecule has 0 aliphatic heterocycles. The van der Waals surface area contributed by atoms with E-state index in [1.54, 1.807) is 6.07 Å². The first kappa shape index (κ1) is 13.8. The maximum atomic E-state index is 13.1. The van der Waals surface area contributed by atoms with Crippen LogP contribution in [-0.4, -0.2) is 36.1 Å². The molecule has 1 rings (SSSR count). The monoisotopic (exact) mass is 248 g/mol. The zero-order valence-corrected chi connectivity index (χ0v) is 9.24. The molecule has 1 aromatic rings. The number of hydrogen-bond donors (Lipinski definition) is 2. The van der Waals surface area contributed by atoms with E-state index in [0.29, 0.717) is 5.56 Å². The van der Waals surface area contributed by atoms with Gasteiger partial charge in [0, 0.05) is 13.1 Å². The Morgan fingerprint density at radius 1 is 1.35 bits per heavy atom. The fourth-order valence-electron chi connectivity index (χ4n) is 1.50. The molecular weight excluding hydrogens is 233 g/mol. The molecule has 17 heavy (non-hydrogen) atoms. The van der Waals surface area contributed by atoms with E-state index in [1.807, 2.05) is 0 Å². The Kier molecular flexibility index (Phi) is 5.24. The molecule has 0 fully saturated rings. The molecule has 0 unspecified atom stereocenters. The van der Waals surface area contributed by atoms with Gasteiger partial charge in [0.1, 0.15) is 5.82 Å². The Morgan fingerprint density at radius 2 is 2.06 bits per heavy atom. The number of nitrogens with two attached hydrogens (primary N) is 1. The Balaban J connectivity index is 2.67. The van der Waals surface area contributed by atoms with Crippen molar-refractivity contribution < 1.29 is 18.3 Å². The van der Waals surface area contributed by atoms with Gasteiger partial charge in [0.2, 0.25) is 0 Å². The quantitative estimate of drug-likeness (QED) is 0.749. The lowest BCUT2D eigenvalue weighted by Crippen LogP contribution is -2.31. The van der Waals surface area contributed by atoms with Crippen molar-refractivity contribution in [1.82, 2.24) is 4.90 Å². The fraction of sp³-hybridized carbons (Fsp3) is 0.455. The Hall–Kier alpha value is -1.27. The van der Waals surface area contributed by atoms with Gasteiger partial charge in [-0.15, -0.1) is 0 Å². The summed E-state index contributed by atoms with van der Waals surface area (Å²) in [6.07, 6.45) is -2.49. The van der Waals surface area contributed by atoms with Crippen LogP contribution in [0.1, 0.15) is 5.56 Å². The van der Waals surface area contributed by atoms with Crippen LogP contribution in [0.15, 0.2) is 18.2 Å². The molecule has 0 spiro atoms. The summed E-state index contributed by atoms with van der Waals surface area (Å²) in [4.78, 5) is 1.36. The van der Waals surface area contributed by atoms with Crippen molar-refractivity contribution in [2.24, 2.45) is 0 Å². The maximum absolute atomic E-state index is 13.1. The second kappa shape index (κ2) is 6.46. The van der Waals surface area contributed by atoms with Gasteiger partial charge >= 0.3 is 0 Å². The predicted octanol–water partition coefficient (Wildman–Crippen LogP) is 1.47. The zero-order valence-electron chi connectivity index (χ0n) is 9.24. The summed E-state index contributed by atoms with van der Waals surface area (Å²) in [6, 6.07) is 4.18. The molecule has 0 atom stereocenters. The summed E-state index contributed by atoms with van der Waals surface area (Å²) in [5.41, 5.74) is 5.88. The molecule has 0 aliphatic carbocycles. The second-order valence-electron chi connectivity index (χ2n) is 3.71. The van der Waals surface area contributed by atoms with Crippen LogP contribution in [0.3, 0.4) is 0 Å².